The minimum Gasteiger partial charge on any atom is -0.340 e. The Hall–Kier alpha value is -1.30. The number of hydrogen-bond acceptors (Lipinski definition) is 3. The number of carbonyl (C=O) groups excluding carboxylic acids is 2. The van der Waals surface area contributed by atoms with E-state index in [0.717, 1.165) is 39.1 Å². The number of hydrogen-bond donors (Lipinski definition) is 1. The maximum atomic E-state index is 12.2. The van der Waals surface area contributed by atoms with E-state index in [0.29, 0.717) is 6.54 Å². The third-order valence-corrected chi connectivity index (χ3v) is 4.11. The molecule has 1 atom stereocenters. The van der Waals surface area contributed by atoms with E-state index in [-0.39, 0.29) is 23.9 Å². The second kappa shape index (κ2) is 6.43. The molecule has 0 aromatic heterocycles. The third-order valence-electron chi connectivity index (χ3n) is 4.11. The van der Waals surface area contributed by atoms with Gasteiger partial charge >= 0.3 is 6.03 Å². The van der Waals surface area contributed by atoms with E-state index < -0.39 is 0 Å². The fourth-order valence-electron chi connectivity index (χ4n) is 2.72. The smallest absolute Gasteiger partial charge is 0.317 e. The summed E-state index contributed by atoms with van der Waals surface area (Å²) in [5.74, 6) is 0.212. The van der Waals surface area contributed by atoms with Crippen LogP contribution in [0, 0.1) is 5.92 Å². The maximum Gasteiger partial charge on any atom is 0.317 e. The first-order valence-corrected chi connectivity index (χ1v) is 7.50. The van der Waals surface area contributed by atoms with Gasteiger partial charge in [0.1, 0.15) is 0 Å². The molecule has 2 aliphatic rings. The summed E-state index contributed by atoms with van der Waals surface area (Å²) in [6.07, 6.45) is 0.859. The predicted molar refractivity (Wildman–Crippen MR) is 77.4 cm³/mol. The van der Waals surface area contributed by atoms with Crippen LogP contribution in [0.4, 0.5) is 4.79 Å². The summed E-state index contributed by atoms with van der Waals surface area (Å²) in [7, 11) is 2.07. The molecule has 2 heterocycles. The monoisotopic (exact) mass is 282 g/mol. The Balaban J connectivity index is 1.77. The molecule has 114 valence electrons. The van der Waals surface area contributed by atoms with Gasteiger partial charge in [0.2, 0.25) is 5.91 Å². The third kappa shape index (κ3) is 3.62. The highest BCUT2D eigenvalue weighted by molar-refractivity contribution is 5.79. The molecule has 1 N–H and O–H groups in total. The Morgan fingerprint density at radius 1 is 1.05 bits per heavy atom. The molecule has 1 unspecified atom stereocenters. The number of carbonyl (C=O) groups is 2. The van der Waals surface area contributed by atoms with Crippen LogP contribution in [-0.4, -0.2) is 79.0 Å². The zero-order valence-corrected chi connectivity index (χ0v) is 12.8. The van der Waals surface area contributed by atoms with Crippen LogP contribution in [0.1, 0.15) is 20.3 Å². The zero-order valence-electron chi connectivity index (χ0n) is 12.8. The second-order valence-electron chi connectivity index (χ2n) is 6.16. The van der Waals surface area contributed by atoms with Crippen molar-refractivity contribution in [3.63, 3.8) is 0 Å². The highest BCUT2D eigenvalue weighted by atomic mass is 16.2. The van der Waals surface area contributed by atoms with E-state index in [1.807, 2.05) is 23.6 Å². The summed E-state index contributed by atoms with van der Waals surface area (Å²) < 4.78 is 0. The van der Waals surface area contributed by atoms with Gasteiger partial charge in [-0.15, -0.1) is 0 Å². The Kier molecular flexibility index (Phi) is 4.86. The van der Waals surface area contributed by atoms with E-state index in [4.69, 9.17) is 0 Å². The molecule has 0 saturated carbocycles. The number of urea groups is 1. The Morgan fingerprint density at radius 2 is 1.70 bits per heavy atom. The Morgan fingerprint density at radius 3 is 2.30 bits per heavy atom. The van der Waals surface area contributed by atoms with Gasteiger partial charge in [-0.05, 0) is 13.5 Å². The first-order valence-electron chi connectivity index (χ1n) is 7.50. The molecular formula is C14H26N4O2. The quantitative estimate of drug-likeness (QED) is 0.787. The Bertz CT molecular complexity index is 364. The first-order chi connectivity index (χ1) is 9.47. The molecule has 0 aromatic rings. The number of nitrogens with one attached hydrogen (secondary N) is 1. The van der Waals surface area contributed by atoms with Crippen molar-refractivity contribution in [1.29, 1.82) is 0 Å². The topological polar surface area (TPSA) is 55.9 Å². The van der Waals surface area contributed by atoms with Crippen molar-refractivity contribution in [2.24, 2.45) is 5.92 Å². The van der Waals surface area contributed by atoms with E-state index in [1.54, 1.807) is 0 Å². The van der Waals surface area contributed by atoms with Crippen LogP contribution in [-0.2, 0) is 4.79 Å². The van der Waals surface area contributed by atoms with Crippen LogP contribution < -0.4 is 5.32 Å². The average molecular weight is 282 g/mol. The number of amides is 3. The molecule has 0 spiro atoms. The van der Waals surface area contributed by atoms with E-state index in [1.165, 1.54) is 0 Å². The number of nitrogens with zero attached hydrogens (tertiary/aromatic N) is 3. The normalized spacial score (nSPS) is 24.3. The number of likely N-dealkylation sites (N-methyl/N-ethyl adjacent to an activating group) is 1. The fourth-order valence-corrected chi connectivity index (χ4v) is 2.72. The van der Waals surface area contributed by atoms with Crippen molar-refractivity contribution in [2.75, 3.05) is 46.3 Å². The molecule has 0 aromatic carbocycles. The highest BCUT2D eigenvalue weighted by Gasteiger charge is 2.29. The van der Waals surface area contributed by atoms with Gasteiger partial charge in [0, 0.05) is 51.2 Å². The van der Waals surface area contributed by atoms with E-state index in [2.05, 4.69) is 17.3 Å². The zero-order chi connectivity index (χ0) is 14.7. The molecular weight excluding hydrogens is 256 g/mol. The SMILES string of the molecule is CC(C)C(=O)N1CCC(NC(=O)N2CCN(C)CC2)C1. The van der Waals surface area contributed by atoms with Crippen molar-refractivity contribution in [2.45, 2.75) is 26.3 Å². The number of likely N-dealkylation sites (tertiary alicyclic amines) is 1. The molecule has 2 aliphatic heterocycles. The number of rotatable bonds is 2. The summed E-state index contributed by atoms with van der Waals surface area (Å²) in [5.41, 5.74) is 0. The van der Waals surface area contributed by atoms with Gasteiger partial charge in [-0.1, -0.05) is 13.8 Å². The van der Waals surface area contributed by atoms with Crippen LogP contribution in [0.25, 0.3) is 0 Å². The molecule has 0 radical (unpaired) electrons. The molecule has 6 nitrogen and oxygen atoms in total. The van der Waals surface area contributed by atoms with Gasteiger partial charge in [0.05, 0.1) is 0 Å². The van der Waals surface area contributed by atoms with Gasteiger partial charge in [-0.3, -0.25) is 4.79 Å². The average Bonchev–Trinajstić information content (AvgIpc) is 2.86. The number of piperazine rings is 1. The summed E-state index contributed by atoms with van der Waals surface area (Å²) in [6.45, 7) is 8.65. The minimum absolute atomic E-state index is 0.0157. The molecule has 3 amide bonds. The van der Waals surface area contributed by atoms with Gasteiger partial charge in [0.25, 0.3) is 0 Å². The predicted octanol–water partition coefficient (Wildman–Crippen LogP) is 0.200. The van der Waals surface area contributed by atoms with Crippen molar-refractivity contribution < 1.29 is 9.59 Å². The summed E-state index contributed by atoms with van der Waals surface area (Å²) in [4.78, 5) is 30.0. The molecule has 2 saturated heterocycles. The minimum atomic E-state index is 0.0157. The molecule has 6 heteroatoms. The Labute approximate surface area is 121 Å². The van der Waals surface area contributed by atoms with Crippen molar-refractivity contribution in [3.05, 3.63) is 0 Å². The molecule has 20 heavy (non-hydrogen) atoms. The van der Waals surface area contributed by atoms with Gasteiger partial charge in [-0.2, -0.15) is 0 Å². The van der Waals surface area contributed by atoms with Crippen LogP contribution in [0.15, 0.2) is 0 Å². The van der Waals surface area contributed by atoms with E-state index >= 15 is 0 Å². The lowest BCUT2D eigenvalue weighted by Crippen LogP contribution is -2.53. The molecule has 0 aliphatic carbocycles. The van der Waals surface area contributed by atoms with Crippen molar-refractivity contribution in [1.82, 2.24) is 20.0 Å². The standard InChI is InChI=1S/C14H26N4O2/c1-11(2)13(19)18-5-4-12(10-18)15-14(20)17-8-6-16(3)7-9-17/h11-12H,4-10H2,1-3H3,(H,15,20). The highest BCUT2D eigenvalue weighted by Crippen LogP contribution is 2.13. The van der Waals surface area contributed by atoms with Crippen molar-refractivity contribution >= 4 is 11.9 Å². The molecule has 2 fully saturated rings. The first kappa shape index (κ1) is 15.1. The van der Waals surface area contributed by atoms with Crippen molar-refractivity contribution in [3.8, 4) is 0 Å². The van der Waals surface area contributed by atoms with Crippen LogP contribution in [0.2, 0.25) is 0 Å². The second-order valence-corrected chi connectivity index (χ2v) is 6.16. The van der Waals surface area contributed by atoms with Gasteiger partial charge in [0.15, 0.2) is 0 Å². The van der Waals surface area contributed by atoms with Crippen LogP contribution >= 0.6 is 0 Å². The molecule has 0 bridgehead atoms. The summed E-state index contributed by atoms with van der Waals surface area (Å²) in [6, 6.07) is 0.117. The lowest BCUT2D eigenvalue weighted by molar-refractivity contribution is -0.133. The fraction of sp³-hybridized carbons (Fsp3) is 0.857. The maximum absolute atomic E-state index is 12.2. The van der Waals surface area contributed by atoms with Gasteiger partial charge in [-0.25, -0.2) is 4.79 Å². The van der Waals surface area contributed by atoms with Crippen LogP contribution in [0.3, 0.4) is 0 Å². The largest absolute Gasteiger partial charge is 0.340 e. The lowest BCUT2D eigenvalue weighted by Gasteiger charge is -2.33. The lowest BCUT2D eigenvalue weighted by atomic mass is 10.2. The summed E-state index contributed by atoms with van der Waals surface area (Å²) >= 11 is 0. The molecule has 2 rings (SSSR count). The summed E-state index contributed by atoms with van der Waals surface area (Å²) in [5, 5.41) is 3.06. The van der Waals surface area contributed by atoms with Crippen LogP contribution in [0.5, 0.6) is 0 Å². The van der Waals surface area contributed by atoms with Gasteiger partial charge < -0.3 is 20.0 Å². The van der Waals surface area contributed by atoms with E-state index in [9.17, 15) is 9.59 Å².